The van der Waals surface area contributed by atoms with Gasteiger partial charge in [-0.25, -0.2) is 4.79 Å². The maximum atomic E-state index is 11.9. The molecule has 0 radical (unpaired) electrons. The third kappa shape index (κ3) is 2.99. The van der Waals surface area contributed by atoms with Crippen LogP contribution in [0.3, 0.4) is 0 Å². The van der Waals surface area contributed by atoms with Crippen molar-refractivity contribution in [1.82, 2.24) is 4.98 Å². The zero-order valence-electron chi connectivity index (χ0n) is 12.0. The van der Waals surface area contributed by atoms with Crippen LogP contribution in [0.5, 0.6) is 0 Å². The summed E-state index contributed by atoms with van der Waals surface area (Å²) >= 11 is 0. The number of nitrogens with one attached hydrogen (secondary N) is 1. The normalized spacial score (nSPS) is 13.7. The lowest BCUT2D eigenvalue weighted by Crippen LogP contribution is -2.19. The molecule has 0 aliphatic carbocycles. The minimum Gasteiger partial charge on any atom is -0.404 e. The summed E-state index contributed by atoms with van der Waals surface area (Å²) in [5, 5.41) is 2.00. The van der Waals surface area contributed by atoms with Gasteiger partial charge >= 0.3 is 5.63 Å². The van der Waals surface area contributed by atoms with Gasteiger partial charge in [0.1, 0.15) is 5.35 Å². The Balaban J connectivity index is 2.08. The summed E-state index contributed by atoms with van der Waals surface area (Å²) in [5.74, 6) is 0. The lowest BCUT2D eigenvalue weighted by molar-refractivity contribution is 0.489. The zero-order valence-corrected chi connectivity index (χ0v) is 12.0. The molecule has 1 heterocycles. The van der Waals surface area contributed by atoms with E-state index in [1.54, 1.807) is 6.08 Å². The number of benzene rings is 2. The number of aromatic amines is 1. The van der Waals surface area contributed by atoms with Crippen LogP contribution in [-0.2, 0) is 0 Å². The Kier molecular flexibility index (Phi) is 3.88. The molecule has 0 saturated heterocycles. The van der Waals surface area contributed by atoms with Crippen molar-refractivity contribution in [2.24, 2.45) is 0 Å². The second kappa shape index (κ2) is 6.14. The summed E-state index contributed by atoms with van der Waals surface area (Å²) in [4.78, 5) is 14.9. The van der Waals surface area contributed by atoms with E-state index in [4.69, 9.17) is 4.42 Å². The highest BCUT2D eigenvalue weighted by atomic mass is 16.4. The van der Waals surface area contributed by atoms with E-state index in [2.05, 4.69) is 11.6 Å². The number of hydrogen-bond donors (Lipinski definition) is 1. The first kappa shape index (κ1) is 13.9. The first-order valence-corrected chi connectivity index (χ1v) is 6.95. The Morgan fingerprint density at radius 2 is 1.73 bits per heavy atom. The third-order valence-electron chi connectivity index (χ3n) is 3.28. The first-order valence-electron chi connectivity index (χ1n) is 6.95. The lowest BCUT2D eigenvalue weighted by atomic mass is 10.2. The lowest BCUT2D eigenvalue weighted by Gasteiger charge is -1.87. The highest BCUT2D eigenvalue weighted by molar-refractivity contribution is 5.56. The first-order chi connectivity index (χ1) is 10.7. The van der Waals surface area contributed by atoms with Crippen molar-refractivity contribution in [3.05, 3.63) is 98.0 Å². The summed E-state index contributed by atoms with van der Waals surface area (Å²) in [5.41, 5.74) is 1.10. The summed E-state index contributed by atoms with van der Waals surface area (Å²) in [7, 11) is 0. The van der Waals surface area contributed by atoms with Crippen LogP contribution in [-0.4, -0.2) is 4.98 Å². The second-order valence-electron chi connectivity index (χ2n) is 4.85. The van der Waals surface area contributed by atoms with E-state index in [1.807, 2.05) is 66.7 Å². The quantitative estimate of drug-likeness (QED) is 0.786. The van der Waals surface area contributed by atoms with Gasteiger partial charge in [-0.1, -0.05) is 67.3 Å². The molecule has 0 bridgehead atoms. The highest BCUT2D eigenvalue weighted by Crippen LogP contribution is 2.00. The Labute approximate surface area is 126 Å². The fourth-order valence-electron chi connectivity index (χ4n) is 2.14. The monoisotopic (exact) mass is 289 g/mol. The van der Waals surface area contributed by atoms with E-state index in [-0.39, 0.29) is 0 Å². The number of oxazole rings is 1. The Morgan fingerprint density at radius 1 is 1.00 bits per heavy atom. The van der Waals surface area contributed by atoms with Gasteiger partial charge in [0.05, 0.1) is 0 Å². The molecule has 3 rings (SSSR count). The molecule has 0 unspecified atom stereocenters. The molecule has 108 valence electrons. The minimum absolute atomic E-state index is 0.393. The van der Waals surface area contributed by atoms with Gasteiger partial charge in [-0.05, 0) is 22.9 Å². The maximum absolute atomic E-state index is 11.9. The van der Waals surface area contributed by atoms with Crippen LogP contribution in [0.15, 0.2) is 69.9 Å². The minimum atomic E-state index is -0.393. The van der Waals surface area contributed by atoms with Crippen molar-refractivity contribution in [3.63, 3.8) is 0 Å². The van der Waals surface area contributed by atoms with Crippen molar-refractivity contribution in [3.8, 4) is 0 Å². The van der Waals surface area contributed by atoms with E-state index < -0.39 is 5.63 Å². The van der Waals surface area contributed by atoms with Gasteiger partial charge in [0.2, 0.25) is 5.55 Å². The van der Waals surface area contributed by atoms with Gasteiger partial charge in [-0.15, -0.1) is 0 Å². The van der Waals surface area contributed by atoms with Gasteiger partial charge < -0.3 is 9.40 Å². The van der Waals surface area contributed by atoms with E-state index >= 15 is 0 Å². The SMILES string of the molecule is C=c1ccccc1=c1[nH]/c(=C\C=C\c2ccccc2)c(=O)o1. The van der Waals surface area contributed by atoms with Crippen LogP contribution in [0.1, 0.15) is 5.56 Å². The molecule has 0 atom stereocenters. The summed E-state index contributed by atoms with van der Waals surface area (Å²) < 4.78 is 5.27. The number of rotatable bonds is 2. The van der Waals surface area contributed by atoms with Crippen molar-refractivity contribution < 1.29 is 4.42 Å². The average molecular weight is 289 g/mol. The molecular weight excluding hydrogens is 274 g/mol. The van der Waals surface area contributed by atoms with Crippen LogP contribution in [0.25, 0.3) is 18.7 Å². The molecule has 0 spiro atoms. The predicted octanol–water partition coefficient (Wildman–Crippen LogP) is 2.16. The van der Waals surface area contributed by atoms with Crippen molar-refractivity contribution >= 4 is 18.7 Å². The topological polar surface area (TPSA) is 46.0 Å². The fraction of sp³-hybridized carbons (Fsp3) is 0. The molecule has 0 aliphatic heterocycles. The van der Waals surface area contributed by atoms with Gasteiger partial charge in [0.15, 0.2) is 0 Å². The molecule has 0 fully saturated rings. The molecule has 0 aliphatic rings. The molecule has 22 heavy (non-hydrogen) atoms. The van der Waals surface area contributed by atoms with Crippen LogP contribution < -0.4 is 16.2 Å². The summed E-state index contributed by atoms with van der Waals surface area (Å²) in [6.45, 7) is 3.93. The van der Waals surface area contributed by atoms with Gasteiger partial charge in [0, 0.05) is 5.22 Å². The van der Waals surface area contributed by atoms with E-state index in [0.717, 1.165) is 16.0 Å². The average Bonchev–Trinajstić information content (AvgIpc) is 2.90. The predicted molar refractivity (Wildman–Crippen MR) is 88.2 cm³/mol. The Morgan fingerprint density at radius 3 is 2.50 bits per heavy atom. The zero-order chi connectivity index (χ0) is 15.4. The van der Waals surface area contributed by atoms with E-state index in [9.17, 15) is 4.79 Å². The van der Waals surface area contributed by atoms with E-state index in [1.165, 1.54) is 0 Å². The summed E-state index contributed by atoms with van der Waals surface area (Å²) in [6.07, 6.45) is 5.45. The number of hydrogen-bond acceptors (Lipinski definition) is 2. The van der Waals surface area contributed by atoms with Gasteiger partial charge in [-0.2, -0.15) is 0 Å². The molecule has 2 aromatic carbocycles. The molecule has 3 nitrogen and oxygen atoms in total. The smallest absolute Gasteiger partial charge is 0.361 e. The molecule has 1 aromatic heterocycles. The molecule has 0 saturated carbocycles. The molecule has 1 N–H and O–H groups in total. The Bertz CT molecular complexity index is 1060. The van der Waals surface area contributed by atoms with Crippen molar-refractivity contribution in [1.29, 1.82) is 0 Å². The molecular formula is C19H15NO2. The van der Waals surface area contributed by atoms with Gasteiger partial charge in [-0.3, -0.25) is 0 Å². The molecule has 3 heteroatoms. The van der Waals surface area contributed by atoms with Crippen LogP contribution in [0.4, 0.5) is 0 Å². The number of H-pyrrole nitrogens is 1. The number of aromatic nitrogens is 1. The second-order valence-corrected chi connectivity index (χ2v) is 4.85. The highest BCUT2D eigenvalue weighted by Gasteiger charge is 1.95. The molecule has 3 aromatic rings. The summed E-state index contributed by atoms with van der Waals surface area (Å²) in [6, 6.07) is 17.4. The van der Waals surface area contributed by atoms with Crippen LogP contribution in [0, 0.1) is 10.8 Å². The fourth-order valence-corrected chi connectivity index (χ4v) is 2.14. The number of allylic oxidation sites excluding steroid dienone is 1. The van der Waals surface area contributed by atoms with E-state index in [0.29, 0.717) is 10.9 Å². The van der Waals surface area contributed by atoms with Crippen LogP contribution >= 0.6 is 0 Å². The van der Waals surface area contributed by atoms with Crippen molar-refractivity contribution in [2.75, 3.05) is 0 Å². The van der Waals surface area contributed by atoms with Crippen LogP contribution in [0.2, 0.25) is 0 Å². The standard InChI is InChI=1S/C19H15NO2/c1-14-8-5-6-12-16(14)18-20-17(19(21)22-18)13-7-11-15-9-3-2-4-10-15/h2-13,20H,1H2/b11-7+,17-13-,18-16?. The molecule has 0 amide bonds. The van der Waals surface area contributed by atoms with Crippen molar-refractivity contribution in [2.45, 2.75) is 0 Å². The maximum Gasteiger partial charge on any atom is 0.361 e. The third-order valence-corrected chi connectivity index (χ3v) is 3.28. The van der Waals surface area contributed by atoms with Gasteiger partial charge in [0.25, 0.3) is 0 Å². The largest absolute Gasteiger partial charge is 0.404 e. The Hall–Kier alpha value is -3.07.